The minimum atomic E-state index is -0.219. The van der Waals surface area contributed by atoms with E-state index in [-0.39, 0.29) is 18.6 Å². The van der Waals surface area contributed by atoms with Gasteiger partial charge in [0.05, 0.1) is 25.9 Å². The van der Waals surface area contributed by atoms with Crippen molar-refractivity contribution in [2.24, 2.45) is 0 Å². The number of hydrogen-bond acceptors (Lipinski definition) is 5. The van der Waals surface area contributed by atoms with E-state index >= 15 is 0 Å². The van der Waals surface area contributed by atoms with Gasteiger partial charge in [0.15, 0.2) is 0 Å². The number of likely N-dealkylation sites (N-methyl/N-ethyl adjacent to an activating group) is 1. The zero-order valence-electron chi connectivity index (χ0n) is 10.8. The van der Waals surface area contributed by atoms with Crippen LogP contribution in [0.4, 0.5) is 0 Å². The Hall–Kier alpha value is -0.650. The van der Waals surface area contributed by atoms with E-state index in [1.165, 1.54) is 0 Å². The smallest absolute Gasteiger partial charge is 0.320 e. The number of nitrogens with zero attached hydrogens (tertiary/aromatic N) is 1. The first kappa shape index (κ1) is 15.3. The van der Waals surface area contributed by atoms with Crippen LogP contribution in [0.15, 0.2) is 0 Å². The van der Waals surface area contributed by atoms with E-state index in [4.69, 9.17) is 9.47 Å². The highest BCUT2D eigenvalue weighted by Gasteiger charge is 2.03. The lowest BCUT2D eigenvalue weighted by Crippen LogP contribution is -2.29. The van der Waals surface area contributed by atoms with Crippen LogP contribution in [0.1, 0.15) is 13.8 Å². The molecule has 0 saturated heterocycles. The Kier molecular flexibility index (Phi) is 9.18. The summed E-state index contributed by atoms with van der Waals surface area (Å²) in [6, 6.07) is 0. The Bertz CT molecular complexity index is 184. The molecule has 0 unspecified atom stereocenters. The second-order valence-electron chi connectivity index (χ2n) is 4.13. The molecule has 0 rings (SSSR count). The van der Waals surface area contributed by atoms with Crippen LogP contribution in [0.25, 0.3) is 0 Å². The fourth-order valence-electron chi connectivity index (χ4n) is 0.989. The highest BCUT2D eigenvalue weighted by Crippen LogP contribution is 1.87. The van der Waals surface area contributed by atoms with E-state index < -0.39 is 0 Å². The lowest BCUT2D eigenvalue weighted by molar-refractivity contribution is -0.146. The van der Waals surface area contributed by atoms with Crippen molar-refractivity contribution in [3.8, 4) is 0 Å². The summed E-state index contributed by atoms with van der Waals surface area (Å²) in [4.78, 5) is 13.2. The van der Waals surface area contributed by atoms with Crippen molar-refractivity contribution >= 4 is 5.97 Å². The molecular weight excluding hydrogens is 208 g/mol. The quantitative estimate of drug-likeness (QED) is 0.451. The number of ether oxygens (including phenoxy) is 2. The molecule has 16 heavy (non-hydrogen) atoms. The summed E-state index contributed by atoms with van der Waals surface area (Å²) in [6.45, 7) is 6.82. The third-order valence-electron chi connectivity index (χ3n) is 1.74. The topological polar surface area (TPSA) is 50.8 Å². The van der Waals surface area contributed by atoms with Gasteiger partial charge >= 0.3 is 5.97 Å². The maximum absolute atomic E-state index is 11.1. The van der Waals surface area contributed by atoms with E-state index in [0.29, 0.717) is 19.8 Å². The van der Waals surface area contributed by atoms with Crippen molar-refractivity contribution in [3.05, 3.63) is 0 Å². The second-order valence-corrected chi connectivity index (χ2v) is 4.13. The molecule has 0 atom stereocenters. The minimum Gasteiger partial charge on any atom is -0.462 e. The molecule has 5 nitrogen and oxygen atoms in total. The average Bonchev–Trinajstić information content (AvgIpc) is 2.14. The standard InChI is InChI=1S/C11H24N2O3/c1-10(2)16-11(14)9-12-5-7-15-8-6-13(3)4/h10,12H,5-9H2,1-4H3. The van der Waals surface area contributed by atoms with Crippen LogP contribution in [0.2, 0.25) is 0 Å². The molecule has 0 fully saturated rings. The van der Waals surface area contributed by atoms with Gasteiger partial charge in [0, 0.05) is 13.1 Å². The maximum Gasteiger partial charge on any atom is 0.320 e. The average molecular weight is 232 g/mol. The molecule has 1 N–H and O–H groups in total. The maximum atomic E-state index is 11.1. The third-order valence-corrected chi connectivity index (χ3v) is 1.74. The molecule has 0 amide bonds. The van der Waals surface area contributed by atoms with Gasteiger partial charge in [-0.05, 0) is 27.9 Å². The van der Waals surface area contributed by atoms with Crippen LogP contribution >= 0.6 is 0 Å². The summed E-state index contributed by atoms with van der Waals surface area (Å²) in [7, 11) is 4.01. The third kappa shape index (κ3) is 11.4. The number of esters is 1. The van der Waals surface area contributed by atoms with Gasteiger partial charge in [-0.2, -0.15) is 0 Å². The lowest BCUT2D eigenvalue weighted by Gasteiger charge is -2.10. The predicted molar refractivity (Wildman–Crippen MR) is 63.5 cm³/mol. The van der Waals surface area contributed by atoms with Crippen LogP contribution in [0.3, 0.4) is 0 Å². The highest BCUT2D eigenvalue weighted by atomic mass is 16.5. The van der Waals surface area contributed by atoms with E-state index in [9.17, 15) is 4.79 Å². The molecule has 0 aliphatic rings. The molecule has 0 aliphatic carbocycles. The summed E-state index contributed by atoms with van der Waals surface area (Å²) in [5.41, 5.74) is 0. The van der Waals surface area contributed by atoms with Crippen molar-refractivity contribution in [2.45, 2.75) is 20.0 Å². The molecule has 0 aromatic carbocycles. The fraction of sp³-hybridized carbons (Fsp3) is 0.909. The number of rotatable bonds is 9. The normalized spacial score (nSPS) is 11.1. The molecule has 0 spiro atoms. The van der Waals surface area contributed by atoms with Gasteiger partial charge in [-0.25, -0.2) is 0 Å². The molecule has 5 heteroatoms. The Morgan fingerprint density at radius 2 is 2.00 bits per heavy atom. The Morgan fingerprint density at radius 1 is 1.31 bits per heavy atom. The van der Waals surface area contributed by atoms with Gasteiger partial charge in [-0.15, -0.1) is 0 Å². The van der Waals surface area contributed by atoms with Crippen LogP contribution < -0.4 is 5.32 Å². The monoisotopic (exact) mass is 232 g/mol. The largest absolute Gasteiger partial charge is 0.462 e. The highest BCUT2D eigenvalue weighted by molar-refractivity contribution is 5.71. The van der Waals surface area contributed by atoms with Gasteiger partial charge in [0.2, 0.25) is 0 Å². The fourth-order valence-corrected chi connectivity index (χ4v) is 0.989. The molecule has 0 aromatic rings. The number of carbonyl (C=O) groups excluding carboxylic acids is 1. The van der Waals surface area contributed by atoms with Gasteiger partial charge in [0.1, 0.15) is 0 Å². The van der Waals surface area contributed by atoms with Crippen LogP contribution in [0.5, 0.6) is 0 Å². The van der Waals surface area contributed by atoms with Crippen molar-refractivity contribution in [1.82, 2.24) is 10.2 Å². The first-order valence-electron chi connectivity index (χ1n) is 5.65. The second kappa shape index (κ2) is 9.57. The van der Waals surface area contributed by atoms with E-state index in [1.807, 2.05) is 27.9 Å². The number of hydrogen-bond donors (Lipinski definition) is 1. The summed E-state index contributed by atoms with van der Waals surface area (Å²) in [5, 5.41) is 2.97. The molecule has 0 saturated carbocycles. The summed E-state index contributed by atoms with van der Waals surface area (Å²) in [6.07, 6.45) is -0.0503. The molecule has 0 bridgehead atoms. The summed E-state index contributed by atoms with van der Waals surface area (Å²) < 4.78 is 10.3. The van der Waals surface area contributed by atoms with Crippen LogP contribution in [-0.4, -0.2) is 63.9 Å². The summed E-state index contributed by atoms with van der Waals surface area (Å²) >= 11 is 0. The Morgan fingerprint density at radius 3 is 2.56 bits per heavy atom. The predicted octanol–water partition coefficient (Wildman–Crippen LogP) is 0.106. The Labute approximate surface area is 98.1 Å². The van der Waals surface area contributed by atoms with Gasteiger partial charge in [-0.3, -0.25) is 4.79 Å². The van der Waals surface area contributed by atoms with Gasteiger partial charge < -0.3 is 19.7 Å². The molecule has 0 aliphatic heterocycles. The summed E-state index contributed by atoms with van der Waals surface area (Å²) in [5.74, 6) is -0.219. The first-order valence-corrected chi connectivity index (χ1v) is 5.65. The van der Waals surface area contributed by atoms with Crippen molar-refractivity contribution in [3.63, 3.8) is 0 Å². The molecular formula is C11H24N2O3. The lowest BCUT2D eigenvalue weighted by atomic mass is 10.5. The number of nitrogens with one attached hydrogen (secondary N) is 1. The van der Waals surface area contributed by atoms with Gasteiger partial charge in [-0.1, -0.05) is 0 Å². The SMILES string of the molecule is CC(C)OC(=O)CNCCOCCN(C)C. The molecule has 0 radical (unpaired) electrons. The first-order chi connectivity index (χ1) is 7.52. The van der Waals surface area contributed by atoms with Crippen molar-refractivity contribution in [1.29, 1.82) is 0 Å². The van der Waals surface area contributed by atoms with Crippen molar-refractivity contribution in [2.75, 3.05) is 46.9 Å². The van der Waals surface area contributed by atoms with E-state index in [0.717, 1.165) is 6.54 Å². The Balaban J connectivity index is 3.18. The molecule has 0 heterocycles. The molecule has 96 valence electrons. The zero-order valence-corrected chi connectivity index (χ0v) is 10.8. The minimum absolute atomic E-state index is 0.0503. The van der Waals surface area contributed by atoms with Gasteiger partial charge in [0.25, 0.3) is 0 Å². The molecule has 0 aromatic heterocycles. The number of carbonyl (C=O) groups is 1. The van der Waals surface area contributed by atoms with Crippen molar-refractivity contribution < 1.29 is 14.3 Å². The van der Waals surface area contributed by atoms with Crippen LogP contribution in [-0.2, 0) is 14.3 Å². The van der Waals surface area contributed by atoms with E-state index in [1.54, 1.807) is 0 Å². The zero-order chi connectivity index (χ0) is 12.4. The van der Waals surface area contributed by atoms with Crippen LogP contribution in [0, 0.1) is 0 Å². The van der Waals surface area contributed by atoms with E-state index in [2.05, 4.69) is 10.2 Å².